The van der Waals surface area contributed by atoms with Gasteiger partial charge in [0.05, 0.1) is 6.61 Å². The summed E-state index contributed by atoms with van der Waals surface area (Å²) in [4.78, 5) is 0. The fourth-order valence-corrected chi connectivity index (χ4v) is 2.36. The maximum absolute atomic E-state index is 11.8. The van der Waals surface area contributed by atoms with Gasteiger partial charge in [0, 0.05) is 33.4 Å². The lowest BCUT2D eigenvalue weighted by Gasteiger charge is -2.21. The number of methoxy groups -OCH3 is 1. The van der Waals surface area contributed by atoms with Gasteiger partial charge in [0.2, 0.25) is 0 Å². The average Bonchev–Trinajstić information content (AvgIpc) is 2.24. The first-order chi connectivity index (χ1) is 7.47. The molecule has 0 aliphatic rings. The van der Waals surface area contributed by atoms with Gasteiger partial charge in [-0.05, 0) is 12.8 Å². The molecule has 98 valence electrons. The number of ether oxygens (including phenoxy) is 1. The highest BCUT2D eigenvalue weighted by Crippen LogP contribution is 2.00. The van der Waals surface area contributed by atoms with E-state index in [1.54, 1.807) is 0 Å². The number of aliphatic hydroxyl groups is 1. The highest BCUT2D eigenvalue weighted by atomic mass is 32.2. The van der Waals surface area contributed by atoms with Crippen molar-refractivity contribution in [3.63, 3.8) is 0 Å². The lowest BCUT2D eigenvalue weighted by molar-refractivity contribution is 0.172. The average molecular weight is 254 g/mol. The van der Waals surface area contributed by atoms with Gasteiger partial charge in [-0.25, -0.2) is 0 Å². The molecule has 0 heterocycles. The summed E-state index contributed by atoms with van der Waals surface area (Å²) in [6, 6.07) is -0.216. The predicted molar refractivity (Wildman–Crippen MR) is 62.3 cm³/mol. The normalized spacial score (nSPS) is 14.3. The summed E-state index contributed by atoms with van der Waals surface area (Å²) in [5.41, 5.74) is 0. The predicted octanol–water partition coefficient (Wildman–Crippen LogP) is -0.440. The van der Waals surface area contributed by atoms with Crippen molar-refractivity contribution in [2.75, 3.05) is 33.9 Å². The van der Waals surface area contributed by atoms with Crippen molar-refractivity contribution in [2.45, 2.75) is 25.8 Å². The molecule has 0 rings (SSSR count). The first-order valence-electron chi connectivity index (χ1n) is 5.31. The van der Waals surface area contributed by atoms with Crippen LogP contribution in [0.1, 0.15) is 19.8 Å². The molecule has 0 aliphatic carbocycles. The Labute approximate surface area is 97.8 Å². The molecule has 0 aromatic carbocycles. The van der Waals surface area contributed by atoms with Crippen LogP contribution in [-0.2, 0) is 14.9 Å². The molecule has 0 radical (unpaired) electrons. The zero-order valence-corrected chi connectivity index (χ0v) is 11.0. The minimum absolute atomic E-state index is 0.0187. The molecule has 16 heavy (non-hydrogen) atoms. The summed E-state index contributed by atoms with van der Waals surface area (Å²) in [6.45, 7) is 2.52. The van der Waals surface area contributed by atoms with Gasteiger partial charge in [0.1, 0.15) is 0 Å². The van der Waals surface area contributed by atoms with Gasteiger partial charge in [0.25, 0.3) is 10.2 Å². The van der Waals surface area contributed by atoms with Crippen molar-refractivity contribution in [3.8, 4) is 0 Å². The highest BCUT2D eigenvalue weighted by Gasteiger charge is 2.20. The van der Waals surface area contributed by atoms with Crippen LogP contribution in [0.25, 0.3) is 0 Å². The molecule has 6 nitrogen and oxygen atoms in total. The number of rotatable bonds is 9. The number of nitrogens with one attached hydrogen (secondary N) is 1. The van der Waals surface area contributed by atoms with E-state index in [-0.39, 0.29) is 12.6 Å². The van der Waals surface area contributed by atoms with Crippen LogP contribution < -0.4 is 4.72 Å². The van der Waals surface area contributed by atoms with E-state index in [9.17, 15) is 8.42 Å². The summed E-state index contributed by atoms with van der Waals surface area (Å²) < 4.78 is 32.2. The zero-order chi connectivity index (χ0) is 12.6. The molecule has 0 amide bonds. The molecule has 0 saturated carbocycles. The molecule has 0 aromatic rings. The summed E-state index contributed by atoms with van der Waals surface area (Å²) in [5.74, 6) is 0. The SMILES string of the molecule is CCC(COC)NS(=O)(=O)N(C)CCCO. The third-order valence-electron chi connectivity index (χ3n) is 2.22. The molecule has 0 spiro atoms. The summed E-state index contributed by atoms with van der Waals surface area (Å²) >= 11 is 0. The maximum Gasteiger partial charge on any atom is 0.279 e. The number of nitrogens with zero attached hydrogens (tertiary/aromatic N) is 1. The molecule has 1 atom stereocenters. The number of hydrogen-bond donors (Lipinski definition) is 2. The molecular formula is C9H22N2O4S. The third-order valence-corrected chi connectivity index (χ3v) is 3.85. The van der Waals surface area contributed by atoms with Crippen molar-refractivity contribution in [3.05, 3.63) is 0 Å². The molecule has 7 heteroatoms. The summed E-state index contributed by atoms with van der Waals surface area (Å²) in [5, 5.41) is 8.63. The molecule has 1 unspecified atom stereocenters. The van der Waals surface area contributed by atoms with Gasteiger partial charge in [-0.15, -0.1) is 0 Å². The fraction of sp³-hybridized carbons (Fsp3) is 1.00. The van der Waals surface area contributed by atoms with Crippen LogP contribution >= 0.6 is 0 Å². The maximum atomic E-state index is 11.8. The van der Waals surface area contributed by atoms with Crippen molar-refractivity contribution < 1.29 is 18.3 Å². The highest BCUT2D eigenvalue weighted by molar-refractivity contribution is 7.87. The van der Waals surface area contributed by atoms with Gasteiger partial charge in [-0.3, -0.25) is 0 Å². The Morgan fingerprint density at radius 3 is 2.56 bits per heavy atom. The standard InChI is InChI=1S/C9H22N2O4S/c1-4-9(8-15-3)10-16(13,14)11(2)6-5-7-12/h9-10,12H,4-8H2,1-3H3. The molecule has 0 saturated heterocycles. The van der Waals surface area contributed by atoms with Crippen molar-refractivity contribution in [1.29, 1.82) is 0 Å². The van der Waals surface area contributed by atoms with Crippen LogP contribution in [0.4, 0.5) is 0 Å². The second kappa shape index (κ2) is 7.97. The largest absolute Gasteiger partial charge is 0.396 e. The van der Waals surface area contributed by atoms with Crippen molar-refractivity contribution in [2.24, 2.45) is 0 Å². The van der Waals surface area contributed by atoms with E-state index in [4.69, 9.17) is 9.84 Å². The van der Waals surface area contributed by atoms with E-state index >= 15 is 0 Å². The molecule has 0 aliphatic heterocycles. The van der Waals surface area contributed by atoms with Crippen LogP contribution in [0.3, 0.4) is 0 Å². The Morgan fingerprint density at radius 2 is 2.12 bits per heavy atom. The van der Waals surface area contributed by atoms with Gasteiger partial charge in [-0.1, -0.05) is 6.92 Å². The van der Waals surface area contributed by atoms with Crippen LogP contribution in [-0.4, -0.2) is 57.8 Å². The number of hydrogen-bond acceptors (Lipinski definition) is 4. The Kier molecular flexibility index (Phi) is 7.86. The Balaban J connectivity index is 4.30. The van der Waals surface area contributed by atoms with E-state index in [1.807, 2.05) is 6.92 Å². The molecule has 2 N–H and O–H groups in total. The van der Waals surface area contributed by atoms with Crippen molar-refractivity contribution >= 4 is 10.2 Å². The quantitative estimate of drug-likeness (QED) is 0.585. The molecule has 0 bridgehead atoms. The second-order valence-electron chi connectivity index (χ2n) is 3.58. The van der Waals surface area contributed by atoms with Gasteiger partial charge >= 0.3 is 0 Å². The second-order valence-corrected chi connectivity index (χ2v) is 5.39. The van der Waals surface area contributed by atoms with Gasteiger partial charge < -0.3 is 9.84 Å². The lowest BCUT2D eigenvalue weighted by atomic mass is 10.3. The first-order valence-corrected chi connectivity index (χ1v) is 6.75. The third kappa shape index (κ3) is 5.76. The van der Waals surface area contributed by atoms with E-state index in [2.05, 4.69) is 4.72 Å². The first kappa shape index (κ1) is 15.8. The van der Waals surface area contributed by atoms with Gasteiger partial charge in [0.15, 0.2) is 0 Å². The smallest absolute Gasteiger partial charge is 0.279 e. The summed E-state index contributed by atoms with van der Waals surface area (Å²) in [6.07, 6.45) is 1.10. The molecule has 0 fully saturated rings. The Morgan fingerprint density at radius 1 is 1.50 bits per heavy atom. The Bertz CT molecular complexity index is 269. The van der Waals surface area contributed by atoms with E-state index in [0.717, 1.165) is 0 Å². The lowest BCUT2D eigenvalue weighted by Crippen LogP contribution is -2.45. The minimum atomic E-state index is -3.47. The topological polar surface area (TPSA) is 78.9 Å². The van der Waals surface area contributed by atoms with Crippen molar-refractivity contribution in [1.82, 2.24) is 9.03 Å². The minimum Gasteiger partial charge on any atom is -0.396 e. The zero-order valence-electron chi connectivity index (χ0n) is 10.1. The Hall–Kier alpha value is -0.210. The number of aliphatic hydroxyl groups excluding tert-OH is 1. The molecule has 0 aromatic heterocycles. The summed E-state index contributed by atoms with van der Waals surface area (Å²) in [7, 11) is -0.456. The fourth-order valence-electron chi connectivity index (χ4n) is 1.15. The van der Waals surface area contributed by atoms with E-state index in [1.165, 1.54) is 18.5 Å². The van der Waals surface area contributed by atoms with Crippen LogP contribution in [0.5, 0.6) is 0 Å². The molecular weight excluding hydrogens is 232 g/mol. The van der Waals surface area contributed by atoms with Crippen LogP contribution in [0.2, 0.25) is 0 Å². The van der Waals surface area contributed by atoms with Crippen LogP contribution in [0, 0.1) is 0 Å². The van der Waals surface area contributed by atoms with Gasteiger partial charge in [-0.2, -0.15) is 17.4 Å². The monoisotopic (exact) mass is 254 g/mol. The van der Waals surface area contributed by atoms with Crippen LogP contribution in [0.15, 0.2) is 0 Å². The van der Waals surface area contributed by atoms with E-state index in [0.29, 0.717) is 26.0 Å². The van der Waals surface area contributed by atoms with E-state index < -0.39 is 10.2 Å².